The number of nitrogens with one attached hydrogen (secondary N) is 1. The quantitative estimate of drug-likeness (QED) is 0.861. The zero-order chi connectivity index (χ0) is 12.4. The van der Waals surface area contributed by atoms with Gasteiger partial charge in [0.05, 0.1) is 6.04 Å². The standard InChI is InChI=1S/C14H15N3O/c15-14-7-11(5-6-16-14)18-9-13-12-4-2-1-3-10(12)8-17-13/h1-7,13,17H,8-9H2,(H2,15,16). The Bertz CT molecular complexity index is 556. The topological polar surface area (TPSA) is 60.2 Å². The molecule has 2 aromatic rings. The zero-order valence-electron chi connectivity index (χ0n) is 9.97. The van der Waals surface area contributed by atoms with Crippen LogP contribution < -0.4 is 15.8 Å². The number of ether oxygens (including phenoxy) is 1. The van der Waals surface area contributed by atoms with Gasteiger partial charge in [-0.3, -0.25) is 0 Å². The fraction of sp³-hybridized carbons (Fsp3) is 0.214. The molecule has 1 aromatic heterocycles. The lowest BCUT2D eigenvalue weighted by molar-refractivity contribution is 0.273. The van der Waals surface area contributed by atoms with Crippen molar-refractivity contribution in [1.29, 1.82) is 0 Å². The van der Waals surface area contributed by atoms with Gasteiger partial charge in [-0.05, 0) is 17.2 Å². The van der Waals surface area contributed by atoms with E-state index in [9.17, 15) is 0 Å². The van der Waals surface area contributed by atoms with Crippen LogP contribution in [0.3, 0.4) is 0 Å². The van der Waals surface area contributed by atoms with Gasteiger partial charge in [0, 0.05) is 18.8 Å². The zero-order valence-corrected chi connectivity index (χ0v) is 9.97. The molecule has 4 nitrogen and oxygen atoms in total. The van der Waals surface area contributed by atoms with Crippen LogP contribution in [0.2, 0.25) is 0 Å². The number of nitrogens with two attached hydrogens (primary N) is 1. The summed E-state index contributed by atoms with van der Waals surface area (Å²) in [5, 5.41) is 3.44. The van der Waals surface area contributed by atoms with Crippen molar-refractivity contribution in [3.63, 3.8) is 0 Å². The lowest BCUT2D eigenvalue weighted by Crippen LogP contribution is -2.19. The second kappa shape index (κ2) is 4.66. The van der Waals surface area contributed by atoms with E-state index in [0.717, 1.165) is 12.3 Å². The molecule has 0 saturated heterocycles. The monoisotopic (exact) mass is 241 g/mol. The number of anilines is 1. The Labute approximate surface area is 106 Å². The second-order valence-corrected chi connectivity index (χ2v) is 4.36. The summed E-state index contributed by atoms with van der Waals surface area (Å²) in [4.78, 5) is 3.94. The van der Waals surface area contributed by atoms with Gasteiger partial charge in [-0.25, -0.2) is 4.98 Å². The number of fused-ring (bicyclic) bond motifs is 1. The van der Waals surface area contributed by atoms with Gasteiger partial charge in [0.15, 0.2) is 0 Å². The maximum absolute atomic E-state index is 5.75. The Hall–Kier alpha value is -2.07. The molecule has 0 aliphatic carbocycles. The molecule has 0 fully saturated rings. The Kier molecular flexibility index (Phi) is 2.86. The summed E-state index contributed by atoms with van der Waals surface area (Å²) in [6, 6.07) is 12.2. The first-order valence-electron chi connectivity index (χ1n) is 5.98. The van der Waals surface area contributed by atoms with E-state index >= 15 is 0 Å². The highest BCUT2D eigenvalue weighted by molar-refractivity contribution is 5.36. The molecule has 1 aromatic carbocycles. The van der Waals surface area contributed by atoms with Crippen molar-refractivity contribution in [1.82, 2.24) is 10.3 Å². The number of benzene rings is 1. The predicted molar refractivity (Wildman–Crippen MR) is 70.2 cm³/mol. The number of pyridine rings is 1. The second-order valence-electron chi connectivity index (χ2n) is 4.36. The molecule has 0 radical (unpaired) electrons. The average Bonchev–Trinajstić information content (AvgIpc) is 2.80. The highest BCUT2D eigenvalue weighted by Crippen LogP contribution is 2.25. The molecule has 92 valence electrons. The van der Waals surface area contributed by atoms with Gasteiger partial charge in [0.2, 0.25) is 0 Å². The minimum absolute atomic E-state index is 0.246. The van der Waals surface area contributed by atoms with Gasteiger partial charge < -0.3 is 15.8 Å². The van der Waals surface area contributed by atoms with Crippen LogP contribution in [-0.4, -0.2) is 11.6 Å². The third-order valence-corrected chi connectivity index (χ3v) is 3.14. The molecule has 3 N–H and O–H groups in total. The van der Waals surface area contributed by atoms with Crippen molar-refractivity contribution in [2.24, 2.45) is 0 Å². The number of rotatable bonds is 3. The number of hydrogen-bond acceptors (Lipinski definition) is 4. The summed E-state index contributed by atoms with van der Waals surface area (Å²) in [6.07, 6.45) is 1.65. The molecule has 0 saturated carbocycles. The summed E-state index contributed by atoms with van der Waals surface area (Å²) in [6.45, 7) is 1.50. The molecule has 2 heterocycles. The Morgan fingerprint density at radius 3 is 3.11 bits per heavy atom. The smallest absolute Gasteiger partial charge is 0.126 e. The first kappa shape index (κ1) is 11.0. The number of nitrogen functional groups attached to an aromatic ring is 1. The lowest BCUT2D eigenvalue weighted by Gasteiger charge is -2.13. The van der Waals surface area contributed by atoms with Crippen LogP contribution in [0.15, 0.2) is 42.6 Å². The van der Waals surface area contributed by atoms with Crippen LogP contribution in [0.5, 0.6) is 5.75 Å². The Morgan fingerprint density at radius 1 is 1.33 bits per heavy atom. The fourth-order valence-electron chi connectivity index (χ4n) is 2.22. The third-order valence-electron chi connectivity index (χ3n) is 3.14. The molecule has 4 heteroatoms. The van der Waals surface area contributed by atoms with Crippen molar-refractivity contribution in [2.45, 2.75) is 12.6 Å². The Balaban J connectivity index is 1.69. The van der Waals surface area contributed by atoms with Gasteiger partial charge in [0.1, 0.15) is 18.2 Å². The highest BCUT2D eigenvalue weighted by atomic mass is 16.5. The van der Waals surface area contributed by atoms with Crippen LogP contribution in [0.1, 0.15) is 17.2 Å². The van der Waals surface area contributed by atoms with Gasteiger partial charge in [-0.15, -0.1) is 0 Å². The van der Waals surface area contributed by atoms with Crippen LogP contribution >= 0.6 is 0 Å². The van der Waals surface area contributed by atoms with Crippen LogP contribution in [0, 0.1) is 0 Å². The molecule has 1 atom stereocenters. The van der Waals surface area contributed by atoms with Crippen molar-refractivity contribution < 1.29 is 4.74 Å². The summed E-state index contributed by atoms with van der Waals surface area (Å²) in [7, 11) is 0. The molecule has 1 aliphatic rings. The summed E-state index contributed by atoms with van der Waals surface area (Å²) < 4.78 is 5.75. The SMILES string of the molecule is Nc1cc(OCC2NCc3ccccc32)ccn1. The molecule has 1 unspecified atom stereocenters. The van der Waals surface area contributed by atoms with E-state index in [1.165, 1.54) is 11.1 Å². The molecular weight excluding hydrogens is 226 g/mol. The molecule has 0 amide bonds. The maximum atomic E-state index is 5.75. The number of aromatic nitrogens is 1. The van der Waals surface area contributed by atoms with Crippen molar-refractivity contribution >= 4 is 5.82 Å². The van der Waals surface area contributed by atoms with E-state index in [1.54, 1.807) is 12.3 Å². The van der Waals surface area contributed by atoms with E-state index < -0.39 is 0 Å². The molecule has 3 rings (SSSR count). The lowest BCUT2D eigenvalue weighted by atomic mass is 10.1. The van der Waals surface area contributed by atoms with Crippen molar-refractivity contribution in [3.05, 3.63) is 53.7 Å². The molecule has 1 aliphatic heterocycles. The van der Waals surface area contributed by atoms with E-state index in [0.29, 0.717) is 12.4 Å². The van der Waals surface area contributed by atoms with Crippen LogP contribution in [-0.2, 0) is 6.54 Å². The molecule has 0 spiro atoms. The molecular formula is C14H15N3O. The number of nitrogens with zero attached hydrogens (tertiary/aromatic N) is 1. The van der Waals surface area contributed by atoms with Crippen LogP contribution in [0.4, 0.5) is 5.82 Å². The molecule has 0 bridgehead atoms. The van der Waals surface area contributed by atoms with E-state index in [4.69, 9.17) is 10.5 Å². The Morgan fingerprint density at radius 2 is 2.22 bits per heavy atom. The number of hydrogen-bond donors (Lipinski definition) is 2. The fourth-order valence-corrected chi connectivity index (χ4v) is 2.22. The minimum Gasteiger partial charge on any atom is -0.491 e. The van der Waals surface area contributed by atoms with E-state index in [2.05, 4.69) is 34.6 Å². The average molecular weight is 241 g/mol. The van der Waals surface area contributed by atoms with E-state index in [1.807, 2.05) is 6.07 Å². The third kappa shape index (κ3) is 2.15. The van der Waals surface area contributed by atoms with Gasteiger partial charge in [-0.2, -0.15) is 0 Å². The van der Waals surface area contributed by atoms with Crippen LogP contribution in [0.25, 0.3) is 0 Å². The maximum Gasteiger partial charge on any atom is 0.126 e. The molecule has 18 heavy (non-hydrogen) atoms. The summed E-state index contributed by atoms with van der Waals surface area (Å²) >= 11 is 0. The van der Waals surface area contributed by atoms with Gasteiger partial charge in [-0.1, -0.05) is 24.3 Å². The summed E-state index contributed by atoms with van der Waals surface area (Å²) in [5.41, 5.74) is 8.28. The van der Waals surface area contributed by atoms with Gasteiger partial charge in [0.25, 0.3) is 0 Å². The van der Waals surface area contributed by atoms with Crippen molar-refractivity contribution in [3.8, 4) is 5.75 Å². The normalized spacial score (nSPS) is 17.4. The first-order valence-corrected chi connectivity index (χ1v) is 5.98. The predicted octanol–water partition coefficient (Wildman–Crippen LogP) is 1.89. The van der Waals surface area contributed by atoms with Gasteiger partial charge >= 0.3 is 0 Å². The largest absolute Gasteiger partial charge is 0.491 e. The highest BCUT2D eigenvalue weighted by Gasteiger charge is 2.21. The van der Waals surface area contributed by atoms with E-state index in [-0.39, 0.29) is 6.04 Å². The first-order chi connectivity index (χ1) is 8.83. The minimum atomic E-state index is 0.246. The summed E-state index contributed by atoms with van der Waals surface area (Å²) in [5.74, 6) is 1.24. The van der Waals surface area contributed by atoms with Crippen molar-refractivity contribution in [2.75, 3.05) is 12.3 Å².